The minimum absolute atomic E-state index is 0.0402. The zero-order chi connectivity index (χ0) is 23.2. The van der Waals surface area contributed by atoms with Gasteiger partial charge in [-0.2, -0.15) is 13.2 Å². The van der Waals surface area contributed by atoms with E-state index in [4.69, 9.17) is 9.05 Å². The first-order valence-electron chi connectivity index (χ1n) is 9.08. The van der Waals surface area contributed by atoms with Crippen LogP contribution in [0.3, 0.4) is 0 Å². The van der Waals surface area contributed by atoms with Crippen molar-refractivity contribution in [3.8, 4) is 0 Å². The number of alkyl halides is 3. The molecule has 0 bridgehead atoms. The smallest absolute Gasteiger partial charge is 0.367 e. The summed E-state index contributed by atoms with van der Waals surface area (Å²) in [7, 11) is -4.02. The summed E-state index contributed by atoms with van der Waals surface area (Å²) in [5, 5.41) is 3.44. The van der Waals surface area contributed by atoms with E-state index < -0.39 is 42.8 Å². The lowest BCUT2D eigenvalue weighted by molar-refractivity contribution is -0.146. The molecule has 0 saturated carbocycles. The van der Waals surface area contributed by atoms with Crippen LogP contribution in [0.25, 0.3) is 0 Å². The van der Waals surface area contributed by atoms with Crippen LogP contribution >= 0.6 is 7.60 Å². The van der Waals surface area contributed by atoms with Crippen molar-refractivity contribution in [2.45, 2.75) is 25.9 Å². The molecule has 0 spiro atoms. The van der Waals surface area contributed by atoms with E-state index in [0.29, 0.717) is 6.07 Å². The predicted molar refractivity (Wildman–Crippen MR) is 104 cm³/mol. The van der Waals surface area contributed by atoms with E-state index in [9.17, 15) is 31.3 Å². The van der Waals surface area contributed by atoms with Crippen LogP contribution in [0.2, 0.25) is 0 Å². The lowest BCUT2D eigenvalue weighted by Gasteiger charge is -2.29. The summed E-state index contributed by atoms with van der Waals surface area (Å²) < 4.78 is 89.0. The molecule has 1 amide bonds. The zero-order valence-electron chi connectivity index (χ0n) is 16.5. The van der Waals surface area contributed by atoms with Gasteiger partial charge < -0.3 is 14.4 Å². The fourth-order valence-corrected chi connectivity index (χ4v) is 4.64. The SMILES string of the molecule is CCOP(=O)(OCC)C(Nc1ccc(F)cc1C(=O)NC(F)(F)F)c1ccc(F)cc1. The first-order valence-corrected chi connectivity index (χ1v) is 10.7. The van der Waals surface area contributed by atoms with Gasteiger partial charge in [0.1, 0.15) is 11.6 Å². The summed E-state index contributed by atoms with van der Waals surface area (Å²) in [5.74, 6) is -4.52. The molecule has 0 aliphatic carbocycles. The van der Waals surface area contributed by atoms with E-state index in [1.54, 1.807) is 13.8 Å². The van der Waals surface area contributed by atoms with Gasteiger partial charge in [-0.05, 0) is 49.7 Å². The average molecular weight is 466 g/mol. The predicted octanol–water partition coefficient (Wildman–Crippen LogP) is 5.59. The van der Waals surface area contributed by atoms with Crippen LogP contribution in [0.15, 0.2) is 42.5 Å². The molecule has 1 atom stereocenters. The number of hydrogen-bond acceptors (Lipinski definition) is 5. The second-order valence-corrected chi connectivity index (χ2v) is 8.23. The van der Waals surface area contributed by atoms with Gasteiger partial charge in [0, 0.05) is 5.69 Å². The Morgan fingerprint density at radius 3 is 2.06 bits per heavy atom. The average Bonchev–Trinajstić information content (AvgIpc) is 2.67. The molecule has 0 aromatic heterocycles. The molecule has 1 unspecified atom stereocenters. The van der Waals surface area contributed by atoms with Crippen molar-refractivity contribution in [3.05, 3.63) is 65.2 Å². The highest BCUT2D eigenvalue weighted by atomic mass is 31.2. The minimum atomic E-state index is -5.05. The summed E-state index contributed by atoms with van der Waals surface area (Å²) in [6.07, 6.45) is -5.05. The normalized spacial score (nSPS) is 13.0. The molecule has 2 aromatic rings. The summed E-state index contributed by atoms with van der Waals surface area (Å²) in [5.41, 5.74) is -0.751. The van der Waals surface area contributed by atoms with Crippen LogP contribution in [0.4, 0.5) is 27.6 Å². The molecule has 6 nitrogen and oxygen atoms in total. The lowest BCUT2D eigenvalue weighted by atomic mass is 10.1. The van der Waals surface area contributed by atoms with Crippen LogP contribution in [0, 0.1) is 11.6 Å². The van der Waals surface area contributed by atoms with Gasteiger partial charge in [0.05, 0.1) is 18.8 Å². The van der Waals surface area contributed by atoms with Gasteiger partial charge in [0.2, 0.25) is 0 Å². The first-order chi connectivity index (χ1) is 14.5. The Labute approximate surface area is 175 Å². The Balaban J connectivity index is 2.55. The van der Waals surface area contributed by atoms with E-state index in [2.05, 4.69) is 5.32 Å². The third-order valence-electron chi connectivity index (χ3n) is 3.89. The number of rotatable bonds is 9. The van der Waals surface area contributed by atoms with Crippen LogP contribution in [0.1, 0.15) is 35.6 Å². The molecule has 2 aromatic carbocycles. The highest BCUT2D eigenvalue weighted by molar-refractivity contribution is 7.54. The Morgan fingerprint density at radius 1 is 1.00 bits per heavy atom. The third-order valence-corrected chi connectivity index (χ3v) is 6.19. The quantitative estimate of drug-likeness (QED) is 0.286. The number of benzene rings is 2. The molecule has 12 heteroatoms. The van der Waals surface area contributed by atoms with Gasteiger partial charge in [-0.15, -0.1) is 0 Å². The van der Waals surface area contributed by atoms with Crippen LogP contribution in [-0.2, 0) is 13.6 Å². The van der Waals surface area contributed by atoms with E-state index in [1.807, 2.05) is 0 Å². The zero-order valence-corrected chi connectivity index (χ0v) is 17.4. The number of carbonyl (C=O) groups is 1. The second-order valence-electron chi connectivity index (χ2n) is 6.12. The second kappa shape index (κ2) is 10.2. The van der Waals surface area contributed by atoms with E-state index in [0.717, 1.165) is 29.6 Å². The van der Waals surface area contributed by atoms with Gasteiger partial charge in [-0.1, -0.05) is 12.1 Å². The first kappa shape index (κ1) is 24.8. The molecular formula is C19H20F5N2O4P. The highest BCUT2D eigenvalue weighted by Crippen LogP contribution is 2.60. The lowest BCUT2D eigenvalue weighted by Crippen LogP contribution is -2.37. The number of carbonyl (C=O) groups excluding carboxylic acids is 1. The number of hydrogen-bond donors (Lipinski definition) is 2. The molecule has 0 aliphatic rings. The molecule has 0 saturated heterocycles. The van der Waals surface area contributed by atoms with Gasteiger partial charge in [-0.25, -0.2) is 8.78 Å². The van der Waals surface area contributed by atoms with Crippen molar-refractivity contribution in [3.63, 3.8) is 0 Å². The molecular weight excluding hydrogens is 446 g/mol. The molecule has 0 heterocycles. The number of halogens is 5. The molecule has 2 rings (SSSR count). The topological polar surface area (TPSA) is 76.7 Å². The molecule has 170 valence electrons. The maximum Gasteiger partial charge on any atom is 0.484 e. The standard InChI is InChI=1S/C19H20F5N2O4P/c1-3-29-31(28,30-4-2)18(12-5-7-13(20)8-6-12)25-16-10-9-14(21)11-15(16)17(27)26-19(22,23)24/h5-11,18,25H,3-4H2,1-2H3,(H,26,27). The van der Waals surface area contributed by atoms with Crippen LogP contribution in [0.5, 0.6) is 0 Å². The van der Waals surface area contributed by atoms with Crippen LogP contribution in [-0.4, -0.2) is 25.4 Å². The van der Waals surface area contributed by atoms with Crippen molar-refractivity contribution in [2.24, 2.45) is 0 Å². The summed E-state index contributed by atoms with van der Waals surface area (Å²) in [4.78, 5) is 12.1. The van der Waals surface area contributed by atoms with Crippen molar-refractivity contribution >= 4 is 19.2 Å². The molecule has 0 radical (unpaired) electrons. The molecule has 2 N–H and O–H groups in total. The van der Waals surface area contributed by atoms with Crippen LogP contribution < -0.4 is 10.6 Å². The summed E-state index contributed by atoms with van der Waals surface area (Å²) >= 11 is 0. The Kier molecular flexibility index (Phi) is 8.16. The van der Waals surface area contributed by atoms with E-state index in [1.165, 1.54) is 12.1 Å². The largest absolute Gasteiger partial charge is 0.484 e. The van der Waals surface area contributed by atoms with Crippen molar-refractivity contribution < 1.29 is 40.4 Å². The monoisotopic (exact) mass is 466 g/mol. The molecule has 0 fully saturated rings. The van der Waals surface area contributed by atoms with Gasteiger partial charge in [0.25, 0.3) is 5.91 Å². The van der Waals surface area contributed by atoms with Crippen molar-refractivity contribution in [1.29, 1.82) is 0 Å². The summed E-state index contributed by atoms with van der Waals surface area (Å²) in [6.45, 7) is 3.02. The summed E-state index contributed by atoms with van der Waals surface area (Å²) in [6, 6.07) is 7.22. The van der Waals surface area contributed by atoms with Gasteiger partial charge >= 0.3 is 13.9 Å². The van der Waals surface area contributed by atoms with Gasteiger partial charge in [0.15, 0.2) is 5.78 Å². The van der Waals surface area contributed by atoms with E-state index in [-0.39, 0.29) is 24.5 Å². The Bertz CT molecular complexity index is 943. The van der Waals surface area contributed by atoms with Crippen molar-refractivity contribution in [2.75, 3.05) is 18.5 Å². The molecule has 0 aliphatic heterocycles. The molecule has 31 heavy (non-hydrogen) atoms. The minimum Gasteiger partial charge on any atom is -0.367 e. The fraction of sp³-hybridized carbons (Fsp3) is 0.316. The number of anilines is 1. The maximum absolute atomic E-state index is 13.7. The van der Waals surface area contributed by atoms with Crippen molar-refractivity contribution in [1.82, 2.24) is 5.32 Å². The third kappa shape index (κ3) is 6.75. The maximum atomic E-state index is 13.7. The highest BCUT2D eigenvalue weighted by Gasteiger charge is 2.38. The van der Waals surface area contributed by atoms with E-state index >= 15 is 0 Å². The Hall–Kier alpha value is -2.49. The number of amides is 1. The number of nitrogens with one attached hydrogen (secondary N) is 2. The van der Waals surface area contributed by atoms with Gasteiger partial charge in [-0.3, -0.25) is 14.7 Å². The fourth-order valence-electron chi connectivity index (χ4n) is 2.71. The Morgan fingerprint density at radius 2 is 1.55 bits per heavy atom.